The Morgan fingerprint density at radius 1 is 1.06 bits per heavy atom. The van der Waals surface area contributed by atoms with Crippen LogP contribution in [0.3, 0.4) is 0 Å². The third-order valence-corrected chi connectivity index (χ3v) is 5.71. The number of hydrazone groups is 1. The predicted molar refractivity (Wildman–Crippen MR) is 123 cm³/mol. The molecule has 4 rings (SSSR count). The second-order valence-corrected chi connectivity index (χ2v) is 8.12. The second kappa shape index (κ2) is 8.34. The molecule has 3 aromatic rings. The van der Waals surface area contributed by atoms with Crippen LogP contribution in [0.4, 0.5) is 5.69 Å². The summed E-state index contributed by atoms with van der Waals surface area (Å²) in [6.07, 6.45) is 1.01. The van der Waals surface area contributed by atoms with Crippen LogP contribution in [0.2, 0.25) is 0 Å². The number of nitrogens with zero attached hydrogens (tertiary/aromatic N) is 6. The van der Waals surface area contributed by atoms with E-state index in [4.69, 9.17) is 5.10 Å². The molecule has 160 valence electrons. The van der Waals surface area contributed by atoms with E-state index in [9.17, 15) is 4.79 Å². The lowest BCUT2D eigenvalue weighted by Gasteiger charge is -2.22. The Morgan fingerprint density at radius 2 is 1.74 bits per heavy atom. The number of anilines is 1. The molecule has 1 amide bonds. The van der Waals surface area contributed by atoms with Crippen LogP contribution in [0.15, 0.2) is 53.6 Å². The van der Waals surface area contributed by atoms with E-state index in [1.54, 1.807) is 5.01 Å². The van der Waals surface area contributed by atoms with E-state index >= 15 is 0 Å². The van der Waals surface area contributed by atoms with Crippen LogP contribution in [-0.2, 0) is 4.79 Å². The first-order valence-electron chi connectivity index (χ1n) is 10.6. The number of amides is 1. The van der Waals surface area contributed by atoms with Gasteiger partial charge in [0.2, 0.25) is 5.91 Å². The molecule has 2 aromatic carbocycles. The van der Waals surface area contributed by atoms with Crippen LogP contribution in [0, 0.1) is 13.8 Å². The van der Waals surface area contributed by atoms with E-state index in [0.717, 1.165) is 34.0 Å². The summed E-state index contributed by atoms with van der Waals surface area (Å²) >= 11 is 0. The van der Waals surface area contributed by atoms with Crippen molar-refractivity contribution in [2.75, 3.05) is 19.0 Å². The van der Waals surface area contributed by atoms with Gasteiger partial charge >= 0.3 is 0 Å². The number of hydrogen-bond donors (Lipinski definition) is 0. The second-order valence-electron chi connectivity index (χ2n) is 8.12. The first-order chi connectivity index (χ1) is 14.9. The van der Waals surface area contributed by atoms with Gasteiger partial charge in [-0.1, -0.05) is 42.0 Å². The fourth-order valence-electron chi connectivity index (χ4n) is 3.83. The maximum Gasteiger partial charge on any atom is 0.242 e. The Morgan fingerprint density at radius 3 is 2.35 bits per heavy atom. The van der Waals surface area contributed by atoms with Crippen LogP contribution in [-0.4, -0.2) is 45.7 Å². The van der Waals surface area contributed by atoms with Gasteiger partial charge < -0.3 is 4.90 Å². The van der Waals surface area contributed by atoms with Crippen molar-refractivity contribution in [1.29, 1.82) is 0 Å². The van der Waals surface area contributed by atoms with Crippen molar-refractivity contribution < 1.29 is 4.79 Å². The molecule has 0 spiro atoms. The minimum atomic E-state index is -0.136. The number of carbonyl (C=O) groups excluding carboxylic acids is 1. The number of benzene rings is 2. The molecule has 0 saturated heterocycles. The lowest BCUT2D eigenvalue weighted by atomic mass is 9.99. The standard InChI is InChI=1S/C24H28N6O/c1-6-23(31)30-22(18-9-13-19(14-10-18)28(4)5)15-21(26-30)24-17(3)29(27-25-24)20-11-7-16(2)8-12-20/h7-14,22H,6,15H2,1-5H3. The van der Waals surface area contributed by atoms with Gasteiger partial charge in [-0.2, -0.15) is 5.10 Å². The number of rotatable bonds is 5. The highest BCUT2D eigenvalue weighted by atomic mass is 16.2. The number of aromatic nitrogens is 3. The van der Waals surface area contributed by atoms with Crippen molar-refractivity contribution in [2.45, 2.75) is 39.7 Å². The Hall–Kier alpha value is -3.48. The molecule has 0 N–H and O–H groups in total. The molecule has 1 atom stereocenters. The van der Waals surface area contributed by atoms with Gasteiger partial charge in [-0.3, -0.25) is 4.79 Å². The van der Waals surface area contributed by atoms with E-state index in [0.29, 0.717) is 12.8 Å². The molecule has 0 radical (unpaired) electrons. The summed E-state index contributed by atoms with van der Waals surface area (Å²) in [7, 11) is 4.03. The van der Waals surface area contributed by atoms with Gasteiger partial charge in [0, 0.05) is 32.6 Å². The van der Waals surface area contributed by atoms with Gasteiger partial charge in [-0.05, 0) is 43.7 Å². The van der Waals surface area contributed by atoms with Gasteiger partial charge in [0.05, 0.1) is 23.1 Å². The first kappa shape index (κ1) is 20.8. The molecule has 1 aromatic heterocycles. The van der Waals surface area contributed by atoms with E-state index < -0.39 is 0 Å². The Labute approximate surface area is 183 Å². The zero-order chi connectivity index (χ0) is 22.1. The molecule has 1 unspecified atom stereocenters. The highest BCUT2D eigenvalue weighted by molar-refractivity contribution is 6.02. The average molecular weight is 417 g/mol. The third kappa shape index (κ3) is 3.95. The van der Waals surface area contributed by atoms with Crippen molar-refractivity contribution in [3.63, 3.8) is 0 Å². The predicted octanol–water partition coefficient (Wildman–Crippen LogP) is 4.04. The van der Waals surface area contributed by atoms with Gasteiger partial charge in [0.1, 0.15) is 5.69 Å². The van der Waals surface area contributed by atoms with Crippen molar-refractivity contribution >= 4 is 17.3 Å². The smallest absolute Gasteiger partial charge is 0.242 e. The average Bonchev–Trinajstić information content (AvgIpc) is 3.38. The number of carbonyl (C=O) groups is 1. The van der Waals surface area contributed by atoms with E-state index in [1.807, 2.05) is 44.8 Å². The topological polar surface area (TPSA) is 66.6 Å². The van der Waals surface area contributed by atoms with E-state index in [2.05, 4.69) is 58.5 Å². The van der Waals surface area contributed by atoms with Crippen LogP contribution in [0.5, 0.6) is 0 Å². The summed E-state index contributed by atoms with van der Waals surface area (Å²) in [6.45, 7) is 5.91. The van der Waals surface area contributed by atoms with Crippen molar-refractivity contribution in [3.05, 3.63) is 71.0 Å². The monoisotopic (exact) mass is 416 g/mol. The van der Waals surface area contributed by atoms with Gasteiger partial charge in [-0.25, -0.2) is 9.69 Å². The zero-order valence-electron chi connectivity index (χ0n) is 18.7. The molecule has 7 nitrogen and oxygen atoms in total. The van der Waals surface area contributed by atoms with Crippen LogP contribution in [0.25, 0.3) is 5.69 Å². The van der Waals surface area contributed by atoms with Crippen LogP contribution in [0.1, 0.15) is 48.3 Å². The first-order valence-corrected chi connectivity index (χ1v) is 10.6. The molecule has 0 aliphatic carbocycles. The molecule has 7 heteroatoms. The summed E-state index contributed by atoms with van der Waals surface area (Å²) in [5, 5.41) is 15.1. The molecule has 0 fully saturated rings. The summed E-state index contributed by atoms with van der Waals surface area (Å²) in [5.41, 5.74) is 6.77. The minimum absolute atomic E-state index is 0.000246. The normalized spacial score (nSPS) is 15.8. The summed E-state index contributed by atoms with van der Waals surface area (Å²) in [4.78, 5) is 14.7. The fraction of sp³-hybridized carbons (Fsp3) is 0.333. The fourth-order valence-corrected chi connectivity index (χ4v) is 3.83. The van der Waals surface area contributed by atoms with Gasteiger partial charge in [0.25, 0.3) is 0 Å². The van der Waals surface area contributed by atoms with Gasteiger partial charge in [-0.15, -0.1) is 5.10 Å². The van der Waals surface area contributed by atoms with Crippen LogP contribution >= 0.6 is 0 Å². The molecule has 0 bridgehead atoms. The molecular weight excluding hydrogens is 388 g/mol. The highest BCUT2D eigenvalue weighted by Crippen LogP contribution is 2.34. The molecule has 2 heterocycles. The summed E-state index contributed by atoms with van der Waals surface area (Å²) in [6, 6.07) is 16.3. The molecule has 31 heavy (non-hydrogen) atoms. The zero-order valence-corrected chi connectivity index (χ0v) is 18.7. The molecule has 0 saturated carbocycles. The van der Waals surface area contributed by atoms with Crippen LogP contribution < -0.4 is 4.90 Å². The van der Waals surface area contributed by atoms with Crippen molar-refractivity contribution in [1.82, 2.24) is 20.0 Å². The maximum atomic E-state index is 12.7. The lowest BCUT2D eigenvalue weighted by Crippen LogP contribution is -2.26. The van der Waals surface area contributed by atoms with Crippen molar-refractivity contribution in [2.24, 2.45) is 5.10 Å². The summed E-state index contributed by atoms with van der Waals surface area (Å²) in [5.74, 6) is 0.000246. The Balaban J connectivity index is 1.66. The molecular formula is C24H28N6O. The Bertz CT molecular complexity index is 1110. The minimum Gasteiger partial charge on any atom is -0.378 e. The Kier molecular flexibility index (Phi) is 5.59. The number of hydrogen-bond acceptors (Lipinski definition) is 5. The highest BCUT2D eigenvalue weighted by Gasteiger charge is 2.34. The van der Waals surface area contributed by atoms with Crippen molar-refractivity contribution in [3.8, 4) is 5.69 Å². The quantitative estimate of drug-likeness (QED) is 0.630. The largest absolute Gasteiger partial charge is 0.378 e. The van der Waals surface area contributed by atoms with Gasteiger partial charge in [0.15, 0.2) is 0 Å². The lowest BCUT2D eigenvalue weighted by molar-refractivity contribution is -0.132. The summed E-state index contributed by atoms with van der Waals surface area (Å²) < 4.78 is 1.82. The number of aryl methyl sites for hydroxylation is 1. The molecule has 1 aliphatic heterocycles. The SMILES string of the molecule is CCC(=O)N1N=C(c2nnn(-c3ccc(C)cc3)c2C)CC1c1ccc(N(C)C)cc1. The van der Waals surface area contributed by atoms with E-state index in [-0.39, 0.29) is 11.9 Å². The maximum absolute atomic E-state index is 12.7. The third-order valence-electron chi connectivity index (χ3n) is 5.71. The molecule has 1 aliphatic rings. The van der Waals surface area contributed by atoms with E-state index in [1.165, 1.54) is 5.56 Å².